The van der Waals surface area contributed by atoms with Crippen LogP contribution in [0.4, 0.5) is 4.39 Å². The molecule has 22 heavy (non-hydrogen) atoms. The second-order valence-corrected chi connectivity index (χ2v) is 5.16. The summed E-state index contributed by atoms with van der Waals surface area (Å²) in [4.78, 5) is 12.2. The van der Waals surface area contributed by atoms with Crippen molar-refractivity contribution >= 4 is 16.9 Å². The minimum absolute atomic E-state index is 0.133. The Morgan fingerprint density at radius 2 is 1.91 bits per heavy atom. The lowest BCUT2D eigenvalue weighted by molar-refractivity contribution is 0.0927. The molecule has 1 amide bonds. The highest BCUT2D eigenvalue weighted by Crippen LogP contribution is 2.27. The van der Waals surface area contributed by atoms with E-state index in [0.29, 0.717) is 17.5 Å². The topological polar surface area (TPSA) is 42.2 Å². The largest absolute Gasteiger partial charge is 0.448 e. The molecule has 3 nitrogen and oxygen atoms in total. The zero-order valence-electron chi connectivity index (χ0n) is 12.2. The lowest BCUT2D eigenvalue weighted by Crippen LogP contribution is -2.25. The van der Waals surface area contributed by atoms with E-state index in [2.05, 4.69) is 5.32 Å². The summed E-state index contributed by atoms with van der Waals surface area (Å²) in [5, 5.41) is 3.45. The van der Waals surface area contributed by atoms with Crippen LogP contribution in [-0.2, 0) is 6.42 Å². The number of carbonyl (C=O) groups excluding carboxylic acids is 1. The quantitative estimate of drug-likeness (QED) is 0.794. The number of hydrogen-bond acceptors (Lipinski definition) is 2. The summed E-state index contributed by atoms with van der Waals surface area (Å²) in [6, 6.07) is 14.6. The highest BCUT2D eigenvalue weighted by Gasteiger charge is 2.18. The first-order valence-electron chi connectivity index (χ1n) is 7.16. The minimum Gasteiger partial charge on any atom is -0.448 e. The van der Waals surface area contributed by atoms with E-state index in [9.17, 15) is 9.18 Å². The molecule has 112 valence electrons. The van der Waals surface area contributed by atoms with E-state index in [1.807, 2.05) is 30.3 Å². The van der Waals surface area contributed by atoms with Crippen molar-refractivity contribution in [1.29, 1.82) is 0 Å². The molecule has 0 unspecified atom stereocenters. The molecular weight excluding hydrogens is 281 g/mol. The maximum atomic E-state index is 13.7. The number of aryl methyl sites for hydroxylation is 1. The molecule has 0 aliphatic rings. The lowest BCUT2D eigenvalue weighted by atomic mass is 10.1. The predicted octanol–water partition coefficient (Wildman–Crippen LogP) is 3.85. The molecule has 0 saturated carbocycles. The second-order valence-electron chi connectivity index (χ2n) is 5.16. The summed E-state index contributed by atoms with van der Waals surface area (Å²) in [6.45, 7) is 2.26. The summed E-state index contributed by atoms with van der Waals surface area (Å²) in [5.41, 5.74) is 1.94. The highest BCUT2D eigenvalue weighted by atomic mass is 19.1. The van der Waals surface area contributed by atoms with Crippen LogP contribution in [0.3, 0.4) is 0 Å². The second kappa shape index (κ2) is 6.02. The van der Waals surface area contributed by atoms with Crippen molar-refractivity contribution in [2.24, 2.45) is 0 Å². The van der Waals surface area contributed by atoms with Crippen LogP contribution in [0.5, 0.6) is 0 Å². The van der Waals surface area contributed by atoms with Crippen LogP contribution in [0.2, 0.25) is 0 Å². The van der Waals surface area contributed by atoms with Crippen LogP contribution in [0.1, 0.15) is 21.7 Å². The Labute approximate surface area is 127 Å². The SMILES string of the molecule is Cc1c(C(=O)NCCc2ccccc2)oc2c(F)cccc12. The summed E-state index contributed by atoms with van der Waals surface area (Å²) in [5.74, 6) is -0.596. The number of carbonyl (C=O) groups is 1. The molecule has 0 bridgehead atoms. The Morgan fingerprint density at radius 3 is 2.64 bits per heavy atom. The van der Waals surface area contributed by atoms with E-state index in [4.69, 9.17) is 4.42 Å². The maximum Gasteiger partial charge on any atom is 0.287 e. The van der Waals surface area contributed by atoms with Crippen LogP contribution in [0.25, 0.3) is 11.0 Å². The summed E-state index contributed by atoms with van der Waals surface area (Å²) in [7, 11) is 0. The molecular formula is C18H16FNO2. The van der Waals surface area contributed by atoms with Crippen molar-refractivity contribution < 1.29 is 13.6 Å². The third-order valence-electron chi connectivity index (χ3n) is 3.66. The van der Waals surface area contributed by atoms with E-state index < -0.39 is 5.82 Å². The summed E-state index contributed by atoms with van der Waals surface area (Å²) in [6.07, 6.45) is 0.736. The van der Waals surface area contributed by atoms with Crippen molar-refractivity contribution in [1.82, 2.24) is 5.32 Å². The van der Waals surface area contributed by atoms with Crippen LogP contribution in [0.15, 0.2) is 52.9 Å². The Morgan fingerprint density at radius 1 is 1.14 bits per heavy atom. The van der Waals surface area contributed by atoms with Gasteiger partial charge in [0.15, 0.2) is 17.2 Å². The Balaban J connectivity index is 1.73. The van der Waals surface area contributed by atoms with Gasteiger partial charge in [0.05, 0.1) is 0 Å². The van der Waals surface area contributed by atoms with Gasteiger partial charge in [0, 0.05) is 17.5 Å². The number of amides is 1. The molecule has 0 saturated heterocycles. The monoisotopic (exact) mass is 297 g/mol. The number of rotatable bonds is 4. The standard InChI is InChI=1S/C18H16FNO2/c1-12-14-8-5-9-15(19)17(14)22-16(12)18(21)20-11-10-13-6-3-2-4-7-13/h2-9H,10-11H2,1H3,(H,20,21). The first kappa shape index (κ1) is 14.3. The molecule has 0 atom stereocenters. The average Bonchev–Trinajstić information content (AvgIpc) is 2.87. The van der Waals surface area contributed by atoms with Gasteiger partial charge in [-0.3, -0.25) is 4.79 Å². The summed E-state index contributed by atoms with van der Waals surface area (Å²) < 4.78 is 19.1. The molecule has 3 aromatic rings. The van der Waals surface area contributed by atoms with Gasteiger partial charge in [-0.1, -0.05) is 42.5 Å². The normalized spacial score (nSPS) is 10.8. The van der Waals surface area contributed by atoms with Crippen molar-refractivity contribution in [2.75, 3.05) is 6.54 Å². The molecule has 1 aromatic heterocycles. The van der Waals surface area contributed by atoms with Gasteiger partial charge in [-0.2, -0.15) is 0 Å². The van der Waals surface area contributed by atoms with E-state index in [0.717, 1.165) is 12.0 Å². The Hall–Kier alpha value is -2.62. The fraction of sp³-hybridized carbons (Fsp3) is 0.167. The molecule has 0 radical (unpaired) electrons. The van der Waals surface area contributed by atoms with E-state index >= 15 is 0 Å². The van der Waals surface area contributed by atoms with Gasteiger partial charge < -0.3 is 9.73 Å². The van der Waals surface area contributed by atoms with Gasteiger partial charge in [-0.25, -0.2) is 4.39 Å². The highest BCUT2D eigenvalue weighted by molar-refractivity contribution is 5.98. The maximum absolute atomic E-state index is 13.7. The van der Waals surface area contributed by atoms with Gasteiger partial charge >= 0.3 is 0 Å². The zero-order valence-corrected chi connectivity index (χ0v) is 12.2. The van der Waals surface area contributed by atoms with Gasteiger partial charge in [0.1, 0.15) is 0 Å². The minimum atomic E-state index is -0.455. The van der Waals surface area contributed by atoms with Gasteiger partial charge in [0.25, 0.3) is 5.91 Å². The number of benzene rings is 2. The van der Waals surface area contributed by atoms with Gasteiger partial charge in [0.2, 0.25) is 0 Å². The molecule has 3 rings (SSSR count). The fourth-order valence-corrected chi connectivity index (χ4v) is 2.47. The lowest BCUT2D eigenvalue weighted by Gasteiger charge is -2.04. The smallest absolute Gasteiger partial charge is 0.287 e. The van der Waals surface area contributed by atoms with Gasteiger partial charge in [-0.15, -0.1) is 0 Å². The Bertz CT molecular complexity index is 809. The molecule has 1 N–H and O–H groups in total. The third-order valence-corrected chi connectivity index (χ3v) is 3.66. The fourth-order valence-electron chi connectivity index (χ4n) is 2.47. The van der Waals surface area contributed by atoms with Crippen molar-refractivity contribution in [2.45, 2.75) is 13.3 Å². The number of hydrogen-bond donors (Lipinski definition) is 1. The number of para-hydroxylation sites is 1. The molecule has 0 spiro atoms. The van der Waals surface area contributed by atoms with Crippen LogP contribution in [-0.4, -0.2) is 12.5 Å². The Kier molecular flexibility index (Phi) is 3.92. The average molecular weight is 297 g/mol. The molecule has 0 fully saturated rings. The first-order chi connectivity index (χ1) is 10.7. The van der Waals surface area contributed by atoms with Crippen LogP contribution < -0.4 is 5.32 Å². The predicted molar refractivity (Wildman–Crippen MR) is 83.4 cm³/mol. The van der Waals surface area contributed by atoms with Gasteiger partial charge in [-0.05, 0) is 25.0 Å². The third kappa shape index (κ3) is 2.72. The van der Waals surface area contributed by atoms with E-state index in [1.165, 1.54) is 6.07 Å². The van der Waals surface area contributed by atoms with Crippen LogP contribution in [0, 0.1) is 12.7 Å². The van der Waals surface area contributed by atoms with E-state index in [1.54, 1.807) is 19.1 Å². The number of furan rings is 1. The van der Waals surface area contributed by atoms with Crippen molar-refractivity contribution in [3.05, 3.63) is 71.2 Å². The first-order valence-corrected chi connectivity index (χ1v) is 7.16. The van der Waals surface area contributed by atoms with Crippen LogP contribution >= 0.6 is 0 Å². The molecule has 2 aromatic carbocycles. The number of fused-ring (bicyclic) bond motifs is 1. The van der Waals surface area contributed by atoms with Crippen molar-refractivity contribution in [3.63, 3.8) is 0 Å². The summed E-state index contributed by atoms with van der Waals surface area (Å²) >= 11 is 0. The van der Waals surface area contributed by atoms with E-state index in [-0.39, 0.29) is 17.3 Å². The number of nitrogens with one attached hydrogen (secondary N) is 1. The number of halogens is 1. The molecule has 4 heteroatoms. The molecule has 0 aliphatic carbocycles. The zero-order chi connectivity index (χ0) is 15.5. The molecule has 0 aliphatic heterocycles. The molecule has 1 heterocycles. The van der Waals surface area contributed by atoms with Crippen molar-refractivity contribution in [3.8, 4) is 0 Å².